The molecule has 0 saturated carbocycles. The average Bonchev–Trinajstić information content (AvgIpc) is 3.36. The Kier molecular flexibility index (Phi) is 7.54. The van der Waals surface area contributed by atoms with E-state index in [9.17, 15) is 13.2 Å². The molecular formula is C26H29N3O3S. The smallest absolute Gasteiger partial charge is 0.251 e. The molecule has 0 atom stereocenters. The zero-order chi connectivity index (χ0) is 23.1. The third kappa shape index (κ3) is 6.51. The van der Waals surface area contributed by atoms with E-state index in [4.69, 9.17) is 0 Å². The summed E-state index contributed by atoms with van der Waals surface area (Å²) in [5, 5.41) is 2.88. The summed E-state index contributed by atoms with van der Waals surface area (Å²) < 4.78 is 27.9. The van der Waals surface area contributed by atoms with Gasteiger partial charge >= 0.3 is 0 Å². The van der Waals surface area contributed by atoms with Crippen molar-refractivity contribution in [1.82, 2.24) is 14.9 Å². The monoisotopic (exact) mass is 463 g/mol. The van der Waals surface area contributed by atoms with Gasteiger partial charge in [0, 0.05) is 25.2 Å². The molecule has 1 aliphatic heterocycles. The number of hydrogen-bond acceptors (Lipinski definition) is 4. The fraction of sp³-hybridized carbons (Fsp3) is 0.269. The highest BCUT2D eigenvalue weighted by atomic mass is 32.2. The zero-order valence-corrected chi connectivity index (χ0v) is 19.4. The molecule has 6 nitrogen and oxygen atoms in total. The zero-order valence-electron chi connectivity index (χ0n) is 18.5. The van der Waals surface area contributed by atoms with E-state index < -0.39 is 10.0 Å². The highest BCUT2D eigenvalue weighted by Gasteiger charge is 2.16. The third-order valence-corrected chi connectivity index (χ3v) is 7.20. The first-order chi connectivity index (χ1) is 16.0. The molecule has 1 saturated heterocycles. The Bertz CT molecular complexity index is 1170. The maximum absolute atomic E-state index is 12.7. The second kappa shape index (κ2) is 10.7. The highest BCUT2D eigenvalue weighted by Crippen LogP contribution is 2.15. The van der Waals surface area contributed by atoms with Crippen LogP contribution in [0.2, 0.25) is 0 Å². The van der Waals surface area contributed by atoms with E-state index >= 15 is 0 Å². The van der Waals surface area contributed by atoms with Gasteiger partial charge < -0.3 is 5.32 Å². The molecule has 33 heavy (non-hydrogen) atoms. The van der Waals surface area contributed by atoms with Crippen LogP contribution in [0.15, 0.2) is 83.8 Å². The SMILES string of the molecule is O=C(NCc1ccc(CN2CCCC2)cc1)c1cccc(S(=O)(=O)NCc2ccccc2)c1. The number of sulfonamides is 1. The quantitative estimate of drug-likeness (QED) is 0.507. The molecule has 0 aliphatic carbocycles. The average molecular weight is 464 g/mol. The van der Waals surface area contributed by atoms with Gasteiger partial charge in [-0.15, -0.1) is 0 Å². The molecule has 0 spiro atoms. The van der Waals surface area contributed by atoms with Gasteiger partial charge in [0.15, 0.2) is 0 Å². The summed E-state index contributed by atoms with van der Waals surface area (Å²) in [5.74, 6) is -0.309. The number of nitrogens with one attached hydrogen (secondary N) is 2. The lowest BCUT2D eigenvalue weighted by Crippen LogP contribution is -2.25. The minimum atomic E-state index is -3.73. The molecule has 0 unspecified atom stereocenters. The summed E-state index contributed by atoms with van der Waals surface area (Å²) in [6, 6.07) is 23.6. The number of amides is 1. The van der Waals surface area contributed by atoms with Gasteiger partial charge in [0.25, 0.3) is 5.91 Å². The van der Waals surface area contributed by atoms with Gasteiger partial charge in [0.05, 0.1) is 4.90 Å². The van der Waals surface area contributed by atoms with Crippen LogP contribution in [0, 0.1) is 0 Å². The molecule has 1 fully saturated rings. The Hall–Kier alpha value is -3.00. The molecule has 0 radical (unpaired) electrons. The van der Waals surface area contributed by atoms with Gasteiger partial charge in [-0.1, -0.05) is 60.7 Å². The molecule has 1 amide bonds. The van der Waals surface area contributed by atoms with Crippen LogP contribution in [-0.2, 0) is 29.7 Å². The van der Waals surface area contributed by atoms with E-state index in [0.717, 1.165) is 30.8 Å². The largest absolute Gasteiger partial charge is 0.348 e. The van der Waals surface area contributed by atoms with E-state index in [1.54, 1.807) is 12.1 Å². The number of benzene rings is 3. The Balaban J connectivity index is 1.33. The van der Waals surface area contributed by atoms with E-state index in [-0.39, 0.29) is 17.3 Å². The van der Waals surface area contributed by atoms with E-state index in [2.05, 4.69) is 27.1 Å². The van der Waals surface area contributed by atoms with Gasteiger partial charge in [-0.05, 0) is 60.8 Å². The van der Waals surface area contributed by atoms with Gasteiger partial charge in [0.2, 0.25) is 10.0 Å². The Labute approximate surface area is 195 Å². The van der Waals surface area contributed by atoms with E-state index in [1.165, 1.54) is 30.5 Å². The van der Waals surface area contributed by atoms with Crippen molar-refractivity contribution >= 4 is 15.9 Å². The lowest BCUT2D eigenvalue weighted by atomic mass is 10.1. The fourth-order valence-electron chi connectivity index (χ4n) is 3.91. The van der Waals surface area contributed by atoms with E-state index in [0.29, 0.717) is 12.1 Å². The van der Waals surface area contributed by atoms with Crippen LogP contribution >= 0.6 is 0 Å². The summed E-state index contributed by atoms with van der Waals surface area (Å²) in [7, 11) is -3.73. The summed E-state index contributed by atoms with van der Waals surface area (Å²) in [4.78, 5) is 15.2. The molecule has 172 valence electrons. The minimum absolute atomic E-state index is 0.0670. The molecule has 3 aromatic carbocycles. The first-order valence-corrected chi connectivity index (χ1v) is 12.7. The molecule has 0 bridgehead atoms. The second-order valence-electron chi connectivity index (χ2n) is 8.32. The molecule has 1 heterocycles. The Morgan fingerprint density at radius 3 is 2.18 bits per heavy atom. The summed E-state index contributed by atoms with van der Waals surface area (Å²) in [5.41, 5.74) is 3.44. The summed E-state index contributed by atoms with van der Waals surface area (Å²) in [6.45, 7) is 3.86. The first-order valence-electron chi connectivity index (χ1n) is 11.2. The second-order valence-corrected chi connectivity index (χ2v) is 10.1. The van der Waals surface area contributed by atoms with Crippen LogP contribution in [0.3, 0.4) is 0 Å². The van der Waals surface area contributed by atoms with Crippen LogP contribution < -0.4 is 10.0 Å². The van der Waals surface area contributed by atoms with Crippen molar-refractivity contribution in [2.75, 3.05) is 13.1 Å². The lowest BCUT2D eigenvalue weighted by molar-refractivity contribution is 0.0950. The predicted molar refractivity (Wildman–Crippen MR) is 129 cm³/mol. The number of rotatable bonds is 9. The van der Waals surface area contributed by atoms with Gasteiger partial charge in [-0.3, -0.25) is 9.69 Å². The number of carbonyl (C=O) groups is 1. The molecule has 1 aliphatic rings. The van der Waals surface area contributed by atoms with Crippen LogP contribution in [0.25, 0.3) is 0 Å². The third-order valence-electron chi connectivity index (χ3n) is 5.80. The first kappa shape index (κ1) is 23.2. The Morgan fingerprint density at radius 2 is 1.45 bits per heavy atom. The van der Waals surface area contributed by atoms with Crippen molar-refractivity contribution in [1.29, 1.82) is 0 Å². The maximum Gasteiger partial charge on any atom is 0.251 e. The fourth-order valence-corrected chi connectivity index (χ4v) is 4.97. The maximum atomic E-state index is 12.7. The van der Waals surface area contributed by atoms with Crippen LogP contribution in [-0.4, -0.2) is 32.3 Å². The van der Waals surface area contributed by atoms with Crippen molar-refractivity contribution in [3.05, 3.63) is 101 Å². The topological polar surface area (TPSA) is 78.5 Å². The molecule has 2 N–H and O–H groups in total. The lowest BCUT2D eigenvalue weighted by Gasteiger charge is -2.14. The molecule has 7 heteroatoms. The van der Waals surface area contributed by atoms with Crippen molar-refractivity contribution in [2.24, 2.45) is 0 Å². The Morgan fingerprint density at radius 1 is 0.788 bits per heavy atom. The van der Waals surface area contributed by atoms with Gasteiger partial charge in [-0.2, -0.15) is 0 Å². The molecule has 3 aromatic rings. The molecule has 0 aromatic heterocycles. The summed E-state index contributed by atoms with van der Waals surface area (Å²) in [6.07, 6.45) is 2.55. The number of carbonyl (C=O) groups excluding carboxylic acids is 1. The standard InChI is InChI=1S/C26H29N3O3S/c30-26(27-18-22-11-13-23(14-12-22)20-29-15-4-5-16-29)24-9-6-10-25(17-24)33(31,32)28-19-21-7-2-1-3-8-21/h1-3,6-14,17,28H,4-5,15-16,18-20H2,(H,27,30). The van der Waals surface area contributed by atoms with Gasteiger partial charge in [-0.25, -0.2) is 13.1 Å². The molecule has 4 rings (SSSR count). The van der Waals surface area contributed by atoms with Crippen molar-refractivity contribution < 1.29 is 13.2 Å². The van der Waals surface area contributed by atoms with E-state index in [1.807, 2.05) is 42.5 Å². The minimum Gasteiger partial charge on any atom is -0.348 e. The molecular weight excluding hydrogens is 434 g/mol. The number of nitrogens with zero attached hydrogens (tertiary/aromatic N) is 1. The number of likely N-dealkylation sites (tertiary alicyclic amines) is 1. The van der Waals surface area contributed by atoms with Crippen molar-refractivity contribution in [3.8, 4) is 0 Å². The van der Waals surface area contributed by atoms with Crippen LogP contribution in [0.4, 0.5) is 0 Å². The van der Waals surface area contributed by atoms with Crippen LogP contribution in [0.5, 0.6) is 0 Å². The van der Waals surface area contributed by atoms with Gasteiger partial charge in [0.1, 0.15) is 0 Å². The van der Waals surface area contributed by atoms with Crippen LogP contribution in [0.1, 0.15) is 39.9 Å². The van der Waals surface area contributed by atoms with Crippen molar-refractivity contribution in [3.63, 3.8) is 0 Å². The predicted octanol–water partition coefficient (Wildman–Crippen LogP) is 3.69. The highest BCUT2D eigenvalue weighted by molar-refractivity contribution is 7.89. The van der Waals surface area contributed by atoms with Crippen molar-refractivity contribution in [2.45, 2.75) is 37.4 Å². The normalized spacial score (nSPS) is 14.3. The summed E-state index contributed by atoms with van der Waals surface area (Å²) >= 11 is 0. The number of hydrogen-bond donors (Lipinski definition) is 2.